The molecule has 1 rings (SSSR count). The molecule has 0 amide bonds. The maximum absolute atomic E-state index is 11.1. The molecule has 0 radical (unpaired) electrons. The van der Waals surface area contributed by atoms with Gasteiger partial charge in [0.15, 0.2) is 11.5 Å². The number of phenolic OH excluding ortho intramolecular Hbond substituents is 2. The van der Waals surface area contributed by atoms with Crippen molar-refractivity contribution in [1.29, 1.82) is 0 Å². The van der Waals surface area contributed by atoms with E-state index in [0.29, 0.717) is 30.4 Å². The average Bonchev–Trinajstić information content (AvgIpc) is 2.55. The Bertz CT molecular complexity index is 604. The van der Waals surface area contributed by atoms with Gasteiger partial charge in [-0.1, -0.05) is 11.6 Å². The Morgan fingerprint density at radius 1 is 1.04 bits per heavy atom. The van der Waals surface area contributed by atoms with Crippen molar-refractivity contribution in [2.75, 3.05) is 21.3 Å². The highest BCUT2D eigenvalue weighted by molar-refractivity contribution is 5.69. The van der Waals surface area contributed by atoms with E-state index in [1.165, 1.54) is 21.3 Å². The number of methoxy groups -OCH3 is 3. The molecular formula is C17H24O6. The maximum Gasteiger partial charge on any atom is 0.305 e. The van der Waals surface area contributed by atoms with E-state index in [-0.39, 0.29) is 29.0 Å². The van der Waals surface area contributed by atoms with Crippen LogP contribution in [0.3, 0.4) is 0 Å². The SMILES string of the molecule is COC(=O)CCC(C)=CCc1c(C)c(O)c(OC)c(OC)c1O. The summed E-state index contributed by atoms with van der Waals surface area (Å²) in [5, 5.41) is 20.5. The summed E-state index contributed by atoms with van der Waals surface area (Å²) in [4.78, 5) is 11.1. The number of carbonyl (C=O) groups is 1. The predicted molar refractivity (Wildman–Crippen MR) is 86.3 cm³/mol. The fourth-order valence-corrected chi connectivity index (χ4v) is 2.25. The van der Waals surface area contributed by atoms with Gasteiger partial charge in [0.1, 0.15) is 0 Å². The fourth-order valence-electron chi connectivity index (χ4n) is 2.25. The van der Waals surface area contributed by atoms with Gasteiger partial charge in [-0.05, 0) is 26.7 Å². The van der Waals surface area contributed by atoms with Crippen LogP contribution in [-0.2, 0) is 16.0 Å². The van der Waals surface area contributed by atoms with E-state index in [4.69, 9.17) is 9.47 Å². The Hall–Kier alpha value is -2.37. The van der Waals surface area contributed by atoms with Crippen LogP contribution in [0.15, 0.2) is 11.6 Å². The van der Waals surface area contributed by atoms with E-state index in [0.717, 1.165) is 5.57 Å². The Balaban J connectivity index is 3.05. The zero-order chi connectivity index (χ0) is 17.6. The van der Waals surface area contributed by atoms with E-state index in [2.05, 4.69) is 4.74 Å². The van der Waals surface area contributed by atoms with Gasteiger partial charge < -0.3 is 24.4 Å². The highest BCUT2D eigenvalue weighted by Crippen LogP contribution is 2.48. The normalized spacial score (nSPS) is 11.3. The summed E-state index contributed by atoms with van der Waals surface area (Å²) in [6.45, 7) is 3.60. The third-order valence-corrected chi connectivity index (χ3v) is 3.74. The molecule has 0 unspecified atom stereocenters. The molecule has 23 heavy (non-hydrogen) atoms. The second-order valence-electron chi connectivity index (χ2n) is 5.20. The van der Waals surface area contributed by atoms with Crippen molar-refractivity contribution in [2.24, 2.45) is 0 Å². The summed E-state index contributed by atoms with van der Waals surface area (Å²) in [7, 11) is 4.15. The number of phenols is 2. The van der Waals surface area contributed by atoms with Gasteiger partial charge in [-0.25, -0.2) is 0 Å². The fraction of sp³-hybridized carbons (Fsp3) is 0.471. The van der Waals surface area contributed by atoms with Crippen molar-refractivity contribution in [3.8, 4) is 23.0 Å². The van der Waals surface area contributed by atoms with E-state index < -0.39 is 0 Å². The Kier molecular flexibility index (Phi) is 6.75. The molecule has 1 aromatic rings. The molecule has 0 spiro atoms. The second kappa shape index (κ2) is 8.31. The van der Waals surface area contributed by atoms with Crippen molar-refractivity contribution in [1.82, 2.24) is 0 Å². The third-order valence-electron chi connectivity index (χ3n) is 3.74. The van der Waals surface area contributed by atoms with Gasteiger partial charge in [0, 0.05) is 17.5 Å². The summed E-state index contributed by atoms with van der Waals surface area (Å²) >= 11 is 0. The van der Waals surface area contributed by atoms with Crippen LogP contribution in [0.5, 0.6) is 23.0 Å². The number of aromatic hydroxyl groups is 2. The maximum atomic E-state index is 11.1. The molecule has 6 heteroatoms. The van der Waals surface area contributed by atoms with Gasteiger partial charge >= 0.3 is 5.97 Å². The molecule has 0 aliphatic rings. The van der Waals surface area contributed by atoms with Crippen LogP contribution in [0, 0.1) is 6.92 Å². The molecule has 0 aromatic heterocycles. The van der Waals surface area contributed by atoms with Crippen molar-refractivity contribution < 1.29 is 29.2 Å². The summed E-state index contributed by atoms with van der Waals surface area (Å²) in [5.41, 5.74) is 2.07. The first-order valence-electron chi connectivity index (χ1n) is 7.25. The Morgan fingerprint density at radius 3 is 2.13 bits per heavy atom. The summed E-state index contributed by atoms with van der Waals surface area (Å²) in [6, 6.07) is 0. The van der Waals surface area contributed by atoms with E-state index in [1.54, 1.807) is 6.92 Å². The molecule has 0 saturated carbocycles. The molecule has 0 aliphatic heterocycles. The Morgan fingerprint density at radius 2 is 1.61 bits per heavy atom. The summed E-state index contributed by atoms with van der Waals surface area (Å²) in [6.07, 6.45) is 3.18. The number of ether oxygens (including phenoxy) is 3. The lowest BCUT2D eigenvalue weighted by Crippen LogP contribution is -2.00. The van der Waals surface area contributed by atoms with Crippen molar-refractivity contribution in [3.05, 3.63) is 22.8 Å². The number of rotatable bonds is 7. The molecule has 0 bridgehead atoms. The first-order valence-corrected chi connectivity index (χ1v) is 7.25. The smallest absolute Gasteiger partial charge is 0.305 e. The molecule has 128 valence electrons. The third kappa shape index (κ3) is 4.31. The molecule has 2 N–H and O–H groups in total. The monoisotopic (exact) mass is 324 g/mol. The molecule has 0 aliphatic carbocycles. The standard InChI is InChI=1S/C17H24O6/c1-10(7-9-13(18)21-3)6-8-12-11(2)14(19)16(22-4)17(23-5)15(12)20/h6,19-20H,7-9H2,1-5H3. The predicted octanol–water partition coefficient (Wildman–Crippen LogP) is 2.87. The van der Waals surface area contributed by atoms with Crippen LogP contribution in [0.2, 0.25) is 0 Å². The number of benzene rings is 1. The lowest BCUT2D eigenvalue weighted by Gasteiger charge is -2.17. The Labute approximate surface area is 136 Å². The van der Waals surface area contributed by atoms with Gasteiger partial charge in [-0.3, -0.25) is 4.79 Å². The van der Waals surface area contributed by atoms with Crippen LogP contribution >= 0.6 is 0 Å². The van der Waals surface area contributed by atoms with Gasteiger partial charge in [0.05, 0.1) is 21.3 Å². The minimum absolute atomic E-state index is 0.0576. The minimum Gasteiger partial charge on any atom is -0.504 e. The number of hydrogen-bond acceptors (Lipinski definition) is 6. The van der Waals surface area contributed by atoms with Crippen molar-refractivity contribution in [2.45, 2.75) is 33.1 Å². The molecule has 0 heterocycles. The molecular weight excluding hydrogens is 300 g/mol. The molecule has 0 atom stereocenters. The zero-order valence-corrected chi connectivity index (χ0v) is 14.2. The number of hydrogen-bond donors (Lipinski definition) is 2. The van der Waals surface area contributed by atoms with Crippen LogP contribution in [0.4, 0.5) is 0 Å². The van der Waals surface area contributed by atoms with Crippen LogP contribution < -0.4 is 9.47 Å². The second-order valence-corrected chi connectivity index (χ2v) is 5.20. The number of carbonyl (C=O) groups excluding carboxylic acids is 1. The van der Waals surface area contributed by atoms with Gasteiger partial charge in [0.25, 0.3) is 0 Å². The lowest BCUT2D eigenvalue weighted by molar-refractivity contribution is -0.140. The van der Waals surface area contributed by atoms with Crippen molar-refractivity contribution in [3.63, 3.8) is 0 Å². The van der Waals surface area contributed by atoms with Crippen LogP contribution in [-0.4, -0.2) is 37.5 Å². The molecule has 0 fully saturated rings. The quantitative estimate of drug-likeness (QED) is 0.456. The molecule has 0 saturated heterocycles. The van der Waals surface area contributed by atoms with Crippen molar-refractivity contribution >= 4 is 5.97 Å². The topological polar surface area (TPSA) is 85.2 Å². The van der Waals surface area contributed by atoms with Gasteiger partial charge in [-0.2, -0.15) is 0 Å². The largest absolute Gasteiger partial charge is 0.504 e. The van der Waals surface area contributed by atoms with Crippen LogP contribution in [0.25, 0.3) is 0 Å². The molecule has 6 nitrogen and oxygen atoms in total. The molecule has 1 aromatic carbocycles. The lowest BCUT2D eigenvalue weighted by atomic mass is 9.99. The zero-order valence-electron chi connectivity index (χ0n) is 14.2. The van der Waals surface area contributed by atoms with E-state index in [9.17, 15) is 15.0 Å². The number of esters is 1. The number of allylic oxidation sites excluding steroid dienone is 2. The highest BCUT2D eigenvalue weighted by Gasteiger charge is 2.22. The first-order chi connectivity index (χ1) is 10.9. The van der Waals surface area contributed by atoms with Crippen LogP contribution in [0.1, 0.15) is 30.9 Å². The van der Waals surface area contributed by atoms with Gasteiger partial charge in [-0.15, -0.1) is 0 Å². The minimum atomic E-state index is -0.263. The average molecular weight is 324 g/mol. The first kappa shape index (κ1) is 18.7. The summed E-state index contributed by atoms with van der Waals surface area (Å²) < 4.78 is 14.8. The summed E-state index contributed by atoms with van der Waals surface area (Å²) in [5.74, 6) is -0.168. The van der Waals surface area contributed by atoms with E-state index in [1.807, 2.05) is 13.0 Å². The van der Waals surface area contributed by atoms with Gasteiger partial charge in [0.2, 0.25) is 11.5 Å². The van der Waals surface area contributed by atoms with E-state index >= 15 is 0 Å². The highest BCUT2D eigenvalue weighted by atomic mass is 16.5.